The number of aromatic nitrogens is 2. The highest BCUT2D eigenvalue weighted by Crippen LogP contribution is 2.23. The number of benzene rings is 1. The van der Waals surface area contributed by atoms with Gasteiger partial charge in [-0.3, -0.25) is 10.1 Å². The Bertz CT molecular complexity index is 564. The van der Waals surface area contributed by atoms with Gasteiger partial charge in [-0.1, -0.05) is 12.1 Å². The first kappa shape index (κ1) is 10.8. The molecular formula is C10H9N5O2. The Morgan fingerprint density at radius 3 is 2.59 bits per heavy atom. The second-order valence-electron chi connectivity index (χ2n) is 3.34. The van der Waals surface area contributed by atoms with Crippen LogP contribution in [0, 0.1) is 10.1 Å². The Kier molecular flexibility index (Phi) is 2.57. The van der Waals surface area contributed by atoms with Gasteiger partial charge in [0.25, 0.3) is 5.69 Å². The first-order valence-electron chi connectivity index (χ1n) is 4.71. The van der Waals surface area contributed by atoms with Crippen LogP contribution in [0.15, 0.2) is 30.3 Å². The zero-order chi connectivity index (χ0) is 12.4. The molecule has 0 fully saturated rings. The average molecular weight is 231 g/mol. The molecule has 0 amide bonds. The first-order valence-corrected chi connectivity index (χ1v) is 4.71. The lowest BCUT2D eigenvalue weighted by Gasteiger charge is -2.02. The SMILES string of the molecule is Nc1cc(-c2cccc([N+](=O)[O-])c2)nc(N)n1. The molecule has 0 saturated heterocycles. The predicted molar refractivity (Wildman–Crippen MR) is 62.9 cm³/mol. The first-order chi connectivity index (χ1) is 8.06. The molecule has 2 rings (SSSR count). The van der Waals surface area contributed by atoms with Crippen LogP contribution in [0.4, 0.5) is 17.5 Å². The number of non-ortho nitro benzene ring substituents is 1. The number of anilines is 2. The molecule has 0 atom stereocenters. The number of hydrogen-bond acceptors (Lipinski definition) is 6. The standard InChI is InChI=1S/C10H9N5O2/c11-9-5-8(13-10(12)14-9)6-2-1-3-7(4-6)15(16)17/h1-5H,(H4,11,12,13,14). The summed E-state index contributed by atoms with van der Waals surface area (Å²) in [7, 11) is 0. The molecule has 17 heavy (non-hydrogen) atoms. The Hall–Kier alpha value is -2.70. The molecule has 0 spiro atoms. The largest absolute Gasteiger partial charge is 0.384 e. The highest BCUT2D eigenvalue weighted by molar-refractivity contribution is 5.65. The molecule has 1 aromatic carbocycles. The van der Waals surface area contributed by atoms with E-state index in [2.05, 4.69) is 9.97 Å². The molecule has 4 N–H and O–H groups in total. The molecular weight excluding hydrogens is 222 g/mol. The van der Waals surface area contributed by atoms with E-state index in [0.717, 1.165) is 0 Å². The summed E-state index contributed by atoms with van der Waals surface area (Å²) >= 11 is 0. The maximum Gasteiger partial charge on any atom is 0.270 e. The molecule has 7 nitrogen and oxygen atoms in total. The third kappa shape index (κ3) is 2.28. The van der Waals surface area contributed by atoms with E-state index in [0.29, 0.717) is 11.3 Å². The monoisotopic (exact) mass is 231 g/mol. The van der Waals surface area contributed by atoms with Gasteiger partial charge in [-0.05, 0) is 0 Å². The molecule has 0 aliphatic heterocycles. The predicted octanol–water partition coefficient (Wildman–Crippen LogP) is 1.22. The van der Waals surface area contributed by atoms with Crippen LogP contribution in [0.25, 0.3) is 11.3 Å². The number of nitrogen functional groups attached to an aromatic ring is 2. The molecule has 0 saturated carbocycles. The number of nitro benzene ring substituents is 1. The molecule has 0 bridgehead atoms. The van der Waals surface area contributed by atoms with Crippen molar-refractivity contribution in [1.29, 1.82) is 0 Å². The van der Waals surface area contributed by atoms with Crippen molar-refractivity contribution in [3.05, 3.63) is 40.4 Å². The quantitative estimate of drug-likeness (QED) is 0.591. The van der Waals surface area contributed by atoms with Crippen LogP contribution in [0.2, 0.25) is 0 Å². The van der Waals surface area contributed by atoms with E-state index in [9.17, 15) is 10.1 Å². The van der Waals surface area contributed by atoms with E-state index in [-0.39, 0.29) is 17.5 Å². The van der Waals surface area contributed by atoms with E-state index < -0.39 is 4.92 Å². The lowest BCUT2D eigenvalue weighted by Crippen LogP contribution is -2.00. The van der Waals surface area contributed by atoms with Crippen LogP contribution in [0.1, 0.15) is 0 Å². The molecule has 86 valence electrons. The number of nitrogens with two attached hydrogens (primary N) is 2. The summed E-state index contributed by atoms with van der Waals surface area (Å²) < 4.78 is 0. The zero-order valence-electron chi connectivity index (χ0n) is 8.70. The van der Waals surface area contributed by atoms with Gasteiger partial charge in [0.15, 0.2) is 0 Å². The van der Waals surface area contributed by atoms with Gasteiger partial charge in [0.2, 0.25) is 5.95 Å². The van der Waals surface area contributed by atoms with Gasteiger partial charge in [-0.15, -0.1) is 0 Å². The Morgan fingerprint density at radius 1 is 1.18 bits per heavy atom. The Balaban J connectivity index is 2.52. The van der Waals surface area contributed by atoms with Gasteiger partial charge in [0, 0.05) is 23.8 Å². The van der Waals surface area contributed by atoms with Crippen molar-refractivity contribution < 1.29 is 4.92 Å². The van der Waals surface area contributed by atoms with Crippen LogP contribution in [-0.4, -0.2) is 14.9 Å². The molecule has 0 unspecified atom stereocenters. The van der Waals surface area contributed by atoms with E-state index in [1.807, 2.05) is 0 Å². The minimum absolute atomic E-state index is 0.0155. The summed E-state index contributed by atoms with van der Waals surface area (Å²) in [5, 5.41) is 10.6. The van der Waals surface area contributed by atoms with E-state index in [4.69, 9.17) is 11.5 Å². The van der Waals surface area contributed by atoms with Crippen molar-refractivity contribution in [2.45, 2.75) is 0 Å². The van der Waals surface area contributed by atoms with Crippen LogP contribution < -0.4 is 11.5 Å². The molecule has 2 aromatic rings. The molecule has 0 aliphatic rings. The van der Waals surface area contributed by atoms with Crippen molar-refractivity contribution in [3.8, 4) is 11.3 Å². The second-order valence-corrected chi connectivity index (χ2v) is 3.34. The minimum Gasteiger partial charge on any atom is -0.384 e. The van der Waals surface area contributed by atoms with Gasteiger partial charge in [0.05, 0.1) is 10.6 Å². The van der Waals surface area contributed by atoms with Crippen molar-refractivity contribution in [2.75, 3.05) is 11.5 Å². The number of hydrogen-bond donors (Lipinski definition) is 2. The van der Waals surface area contributed by atoms with Crippen LogP contribution in [0.3, 0.4) is 0 Å². The molecule has 1 aromatic heterocycles. The van der Waals surface area contributed by atoms with Crippen LogP contribution in [-0.2, 0) is 0 Å². The minimum atomic E-state index is -0.475. The van der Waals surface area contributed by atoms with Crippen molar-refractivity contribution in [1.82, 2.24) is 9.97 Å². The normalized spacial score (nSPS) is 10.1. The fraction of sp³-hybridized carbons (Fsp3) is 0. The van der Waals surface area contributed by atoms with Gasteiger partial charge in [-0.2, -0.15) is 4.98 Å². The molecule has 0 aliphatic carbocycles. The topological polar surface area (TPSA) is 121 Å². The number of nitrogens with zero attached hydrogens (tertiary/aromatic N) is 3. The van der Waals surface area contributed by atoms with E-state index >= 15 is 0 Å². The van der Waals surface area contributed by atoms with E-state index in [1.165, 1.54) is 18.2 Å². The van der Waals surface area contributed by atoms with Crippen molar-refractivity contribution in [2.24, 2.45) is 0 Å². The van der Waals surface area contributed by atoms with Crippen molar-refractivity contribution in [3.63, 3.8) is 0 Å². The lowest BCUT2D eigenvalue weighted by molar-refractivity contribution is -0.384. The van der Waals surface area contributed by atoms with Gasteiger partial charge >= 0.3 is 0 Å². The fourth-order valence-electron chi connectivity index (χ4n) is 1.41. The highest BCUT2D eigenvalue weighted by atomic mass is 16.6. The van der Waals surface area contributed by atoms with Gasteiger partial charge < -0.3 is 11.5 Å². The van der Waals surface area contributed by atoms with Gasteiger partial charge in [0.1, 0.15) is 5.82 Å². The van der Waals surface area contributed by atoms with Gasteiger partial charge in [-0.25, -0.2) is 4.98 Å². The third-order valence-electron chi connectivity index (χ3n) is 2.12. The van der Waals surface area contributed by atoms with Crippen LogP contribution in [0.5, 0.6) is 0 Å². The maximum absolute atomic E-state index is 10.6. The zero-order valence-corrected chi connectivity index (χ0v) is 8.70. The van der Waals surface area contributed by atoms with Crippen molar-refractivity contribution >= 4 is 17.5 Å². The maximum atomic E-state index is 10.6. The number of rotatable bonds is 2. The van der Waals surface area contributed by atoms with E-state index in [1.54, 1.807) is 12.1 Å². The Morgan fingerprint density at radius 2 is 1.94 bits per heavy atom. The molecule has 0 radical (unpaired) electrons. The van der Waals surface area contributed by atoms with Crippen LogP contribution >= 0.6 is 0 Å². The lowest BCUT2D eigenvalue weighted by atomic mass is 10.1. The summed E-state index contributed by atoms with van der Waals surface area (Å²) in [6.45, 7) is 0. The summed E-state index contributed by atoms with van der Waals surface area (Å²) in [6.07, 6.45) is 0. The molecule has 1 heterocycles. The number of nitro groups is 1. The second kappa shape index (κ2) is 4.05. The summed E-state index contributed by atoms with van der Waals surface area (Å²) in [4.78, 5) is 17.9. The average Bonchev–Trinajstić information content (AvgIpc) is 2.28. The molecule has 7 heteroatoms. The summed E-state index contributed by atoms with van der Waals surface area (Å²) in [6, 6.07) is 7.57. The summed E-state index contributed by atoms with van der Waals surface area (Å²) in [5.74, 6) is 0.255. The third-order valence-corrected chi connectivity index (χ3v) is 2.12. The Labute approximate surface area is 96.3 Å². The highest BCUT2D eigenvalue weighted by Gasteiger charge is 2.09. The fourth-order valence-corrected chi connectivity index (χ4v) is 1.41. The summed E-state index contributed by atoms with van der Waals surface area (Å²) in [5.41, 5.74) is 12.0. The smallest absolute Gasteiger partial charge is 0.270 e.